The largest absolute Gasteiger partial charge is 0.295 e. The van der Waals surface area contributed by atoms with Crippen LogP contribution in [0.2, 0.25) is 0 Å². The van der Waals surface area contributed by atoms with E-state index in [9.17, 15) is 13.2 Å². The van der Waals surface area contributed by atoms with E-state index >= 15 is 0 Å². The average Bonchev–Trinajstić information content (AvgIpc) is 2.39. The van der Waals surface area contributed by atoms with Crippen molar-refractivity contribution >= 4 is 15.6 Å². The number of carbonyl (C=O) groups is 1. The Morgan fingerprint density at radius 3 is 2.05 bits per heavy atom. The van der Waals surface area contributed by atoms with Crippen molar-refractivity contribution in [1.29, 1.82) is 0 Å². The van der Waals surface area contributed by atoms with E-state index in [-0.39, 0.29) is 16.4 Å². The van der Waals surface area contributed by atoms with E-state index < -0.39 is 9.84 Å². The van der Waals surface area contributed by atoms with Gasteiger partial charge in [-0.3, -0.25) is 4.79 Å². The van der Waals surface area contributed by atoms with E-state index in [1.165, 1.54) is 19.1 Å². The fraction of sp³-hybridized carbons (Fsp3) is 0.133. The molecule has 4 heteroatoms. The van der Waals surface area contributed by atoms with Gasteiger partial charge in [0.1, 0.15) is 0 Å². The molecule has 19 heavy (non-hydrogen) atoms. The van der Waals surface area contributed by atoms with Gasteiger partial charge in [0.25, 0.3) is 0 Å². The molecule has 0 radical (unpaired) electrons. The fourth-order valence-electron chi connectivity index (χ4n) is 1.77. The van der Waals surface area contributed by atoms with Gasteiger partial charge in [0.15, 0.2) is 15.6 Å². The molecule has 0 saturated heterocycles. The lowest BCUT2D eigenvalue weighted by molar-refractivity contribution is 0.101. The van der Waals surface area contributed by atoms with Crippen LogP contribution in [0.5, 0.6) is 0 Å². The topological polar surface area (TPSA) is 51.2 Å². The molecule has 2 rings (SSSR count). The predicted molar refractivity (Wildman–Crippen MR) is 73.8 cm³/mol. The van der Waals surface area contributed by atoms with Gasteiger partial charge in [-0.2, -0.15) is 0 Å². The molecule has 0 spiro atoms. The summed E-state index contributed by atoms with van der Waals surface area (Å²) >= 11 is 0. The minimum Gasteiger partial charge on any atom is -0.295 e. The van der Waals surface area contributed by atoms with Crippen LogP contribution >= 0.6 is 0 Å². The van der Waals surface area contributed by atoms with Crippen molar-refractivity contribution in [2.45, 2.75) is 17.6 Å². The van der Waals surface area contributed by atoms with Gasteiger partial charge in [-0.05, 0) is 24.6 Å². The summed E-state index contributed by atoms with van der Waals surface area (Å²) in [6.45, 7) is 1.45. The molecular weight excluding hydrogens is 260 g/mol. The monoisotopic (exact) mass is 274 g/mol. The van der Waals surface area contributed by atoms with Crippen LogP contribution < -0.4 is 0 Å². The molecule has 0 aliphatic heterocycles. The zero-order chi connectivity index (χ0) is 13.9. The van der Waals surface area contributed by atoms with Crippen LogP contribution in [0.15, 0.2) is 59.5 Å². The molecule has 0 bridgehead atoms. The lowest BCUT2D eigenvalue weighted by Gasteiger charge is -2.05. The first-order valence-electron chi connectivity index (χ1n) is 5.87. The lowest BCUT2D eigenvalue weighted by atomic mass is 10.2. The molecule has 0 heterocycles. The second kappa shape index (κ2) is 5.36. The van der Waals surface area contributed by atoms with E-state index in [1.54, 1.807) is 24.3 Å². The summed E-state index contributed by atoms with van der Waals surface area (Å²) in [6.07, 6.45) is 0. The van der Waals surface area contributed by atoms with Gasteiger partial charge in [-0.15, -0.1) is 0 Å². The van der Waals surface area contributed by atoms with Crippen LogP contribution in [-0.4, -0.2) is 14.2 Å². The van der Waals surface area contributed by atoms with Crippen molar-refractivity contribution in [2.24, 2.45) is 0 Å². The number of sulfone groups is 1. The normalized spacial score (nSPS) is 11.2. The second-order valence-electron chi connectivity index (χ2n) is 4.33. The maximum atomic E-state index is 12.2. The van der Waals surface area contributed by atoms with Crippen LogP contribution in [0.4, 0.5) is 0 Å². The molecule has 0 unspecified atom stereocenters. The first kappa shape index (κ1) is 13.5. The molecule has 2 aromatic carbocycles. The van der Waals surface area contributed by atoms with E-state index in [4.69, 9.17) is 0 Å². The first-order valence-corrected chi connectivity index (χ1v) is 7.52. The summed E-state index contributed by atoms with van der Waals surface area (Å²) in [5, 5.41) is 0. The van der Waals surface area contributed by atoms with E-state index in [2.05, 4.69) is 0 Å². The lowest BCUT2D eigenvalue weighted by Crippen LogP contribution is -2.05. The summed E-state index contributed by atoms with van der Waals surface area (Å²) in [5.74, 6) is -0.111. The zero-order valence-corrected chi connectivity index (χ0v) is 11.4. The fourth-order valence-corrected chi connectivity index (χ4v) is 3.12. The number of carbonyl (C=O) groups excluding carboxylic acids is 1. The molecular formula is C15H14O3S. The molecule has 0 aliphatic rings. The molecule has 0 aliphatic carbocycles. The van der Waals surface area contributed by atoms with Crippen molar-refractivity contribution in [1.82, 2.24) is 0 Å². The number of hydrogen-bond acceptors (Lipinski definition) is 3. The second-order valence-corrected chi connectivity index (χ2v) is 6.31. The van der Waals surface area contributed by atoms with Gasteiger partial charge < -0.3 is 0 Å². The third kappa shape index (κ3) is 3.29. The Bertz CT molecular complexity index is 671. The highest BCUT2D eigenvalue weighted by molar-refractivity contribution is 7.90. The molecule has 0 atom stereocenters. The highest BCUT2D eigenvalue weighted by Crippen LogP contribution is 2.17. The quantitative estimate of drug-likeness (QED) is 0.805. The first-order chi connectivity index (χ1) is 8.99. The standard InChI is InChI=1S/C15H14O3S/c1-12(16)14-7-9-15(10-8-14)19(17,18)11-13-5-3-2-4-6-13/h2-10H,11H2,1H3. The minimum absolute atomic E-state index is 0.0345. The van der Waals surface area contributed by atoms with Gasteiger partial charge in [0.2, 0.25) is 0 Å². The van der Waals surface area contributed by atoms with Crippen LogP contribution in [0.3, 0.4) is 0 Å². The van der Waals surface area contributed by atoms with Crippen LogP contribution in [0.1, 0.15) is 22.8 Å². The van der Waals surface area contributed by atoms with Crippen molar-refractivity contribution in [3.8, 4) is 0 Å². The Labute approximate surface area is 112 Å². The summed E-state index contributed by atoms with van der Waals surface area (Å²) in [4.78, 5) is 11.4. The van der Waals surface area contributed by atoms with Crippen molar-refractivity contribution in [3.05, 3.63) is 65.7 Å². The minimum atomic E-state index is -3.37. The molecule has 0 aromatic heterocycles. The van der Waals surface area contributed by atoms with Gasteiger partial charge in [0, 0.05) is 5.56 Å². The maximum Gasteiger partial charge on any atom is 0.182 e. The molecule has 98 valence electrons. The van der Waals surface area contributed by atoms with Crippen LogP contribution in [0.25, 0.3) is 0 Å². The van der Waals surface area contributed by atoms with Crippen LogP contribution in [-0.2, 0) is 15.6 Å². The number of Topliss-reactive ketones (excluding diaryl/α,β-unsaturated/α-hetero) is 1. The summed E-state index contributed by atoms with van der Waals surface area (Å²) in [7, 11) is -3.37. The van der Waals surface area contributed by atoms with Gasteiger partial charge in [0.05, 0.1) is 10.6 Å². The van der Waals surface area contributed by atoms with Crippen molar-refractivity contribution < 1.29 is 13.2 Å². The number of hydrogen-bond donors (Lipinski definition) is 0. The summed E-state index contributed by atoms with van der Waals surface area (Å²) < 4.78 is 24.4. The highest BCUT2D eigenvalue weighted by atomic mass is 32.2. The third-order valence-corrected chi connectivity index (χ3v) is 4.52. The van der Waals surface area contributed by atoms with Crippen molar-refractivity contribution in [2.75, 3.05) is 0 Å². The van der Waals surface area contributed by atoms with E-state index in [0.29, 0.717) is 5.56 Å². The molecule has 0 saturated carbocycles. The maximum absolute atomic E-state index is 12.2. The Kier molecular flexibility index (Phi) is 3.81. The van der Waals surface area contributed by atoms with Gasteiger partial charge in [-0.1, -0.05) is 42.5 Å². The average molecular weight is 274 g/mol. The summed E-state index contributed by atoms with van der Waals surface area (Å²) in [5.41, 5.74) is 1.26. The molecule has 0 fully saturated rings. The van der Waals surface area contributed by atoms with E-state index in [0.717, 1.165) is 5.56 Å². The Morgan fingerprint density at radius 2 is 1.53 bits per heavy atom. The Morgan fingerprint density at radius 1 is 0.947 bits per heavy atom. The SMILES string of the molecule is CC(=O)c1ccc(S(=O)(=O)Cc2ccccc2)cc1. The smallest absolute Gasteiger partial charge is 0.182 e. The zero-order valence-electron chi connectivity index (χ0n) is 10.5. The number of ketones is 1. The van der Waals surface area contributed by atoms with Crippen molar-refractivity contribution in [3.63, 3.8) is 0 Å². The summed E-state index contributed by atoms with van der Waals surface area (Å²) in [6, 6.07) is 15.1. The molecule has 0 amide bonds. The third-order valence-electron chi connectivity index (χ3n) is 2.82. The molecule has 2 aromatic rings. The van der Waals surface area contributed by atoms with E-state index in [1.807, 2.05) is 18.2 Å². The Balaban J connectivity index is 2.27. The Hall–Kier alpha value is -1.94. The molecule has 0 N–H and O–H groups in total. The molecule has 3 nitrogen and oxygen atoms in total. The predicted octanol–water partition coefficient (Wildman–Crippen LogP) is 2.86. The number of rotatable bonds is 4. The van der Waals surface area contributed by atoms with Crippen LogP contribution in [0, 0.1) is 0 Å². The van der Waals surface area contributed by atoms with Gasteiger partial charge in [-0.25, -0.2) is 8.42 Å². The van der Waals surface area contributed by atoms with Gasteiger partial charge >= 0.3 is 0 Å². The number of benzene rings is 2. The highest BCUT2D eigenvalue weighted by Gasteiger charge is 2.15.